The molecule has 16 heavy (non-hydrogen) atoms. The van der Waals surface area contributed by atoms with Crippen molar-refractivity contribution in [2.24, 2.45) is 5.92 Å². The highest BCUT2D eigenvalue weighted by Gasteiger charge is 2.30. The molecular weight excluding hydrogens is 272 g/mol. The van der Waals surface area contributed by atoms with E-state index in [0.717, 1.165) is 10.2 Å². The van der Waals surface area contributed by atoms with Crippen molar-refractivity contribution in [3.8, 4) is 0 Å². The summed E-state index contributed by atoms with van der Waals surface area (Å²) in [5.74, 6) is 0.744. The molecule has 1 N–H and O–H groups in total. The monoisotopic (exact) mass is 284 g/mol. The second kappa shape index (κ2) is 4.51. The zero-order chi connectivity index (χ0) is 11.7. The lowest BCUT2D eigenvalue weighted by atomic mass is 10.1. The van der Waals surface area contributed by atoms with Crippen molar-refractivity contribution in [2.75, 3.05) is 18.1 Å². The Kier molecular flexibility index (Phi) is 3.25. The molecule has 1 atom stereocenters. The molecular formula is C11H13BrN2O2. The number of nitrogens with zero attached hydrogens (tertiary/aromatic N) is 2. The molecule has 0 aliphatic carbocycles. The Labute approximate surface area is 102 Å². The standard InChI is InChI=1S/C11H13BrN2O2/c1-7-9(12)2-3-10(13-7)14-5-8(6-15)4-11(14)16/h2-3,8,15H,4-6H2,1H3. The molecule has 0 aromatic carbocycles. The normalized spacial score (nSPS) is 20.6. The fourth-order valence-electron chi connectivity index (χ4n) is 1.81. The number of carbonyl (C=O) groups excluding carboxylic acids is 1. The maximum atomic E-state index is 11.7. The SMILES string of the molecule is Cc1nc(N2CC(CO)CC2=O)ccc1Br. The number of amides is 1. The fraction of sp³-hybridized carbons (Fsp3) is 0.455. The van der Waals surface area contributed by atoms with Crippen LogP contribution in [0.4, 0.5) is 5.82 Å². The number of hydrogen-bond donors (Lipinski definition) is 1. The Morgan fingerprint density at radius 3 is 2.94 bits per heavy atom. The van der Waals surface area contributed by atoms with Crippen molar-refractivity contribution in [3.05, 3.63) is 22.3 Å². The number of rotatable bonds is 2. The molecule has 1 fully saturated rings. The first-order valence-electron chi connectivity index (χ1n) is 5.16. The van der Waals surface area contributed by atoms with Gasteiger partial charge in [0.2, 0.25) is 5.91 Å². The molecule has 5 heteroatoms. The lowest BCUT2D eigenvalue weighted by Crippen LogP contribution is -2.26. The first-order chi connectivity index (χ1) is 7.61. The number of carbonyl (C=O) groups is 1. The van der Waals surface area contributed by atoms with Crippen molar-refractivity contribution in [3.63, 3.8) is 0 Å². The van der Waals surface area contributed by atoms with Gasteiger partial charge in [-0.2, -0.15) is 0 Å². The summed E-state index contributed by atoms with van der Waals surface area (Å²) in [5.41, 5.74) is 0.859. The molecule has 1 aliphatic rings. The highest BCUT2D eigenvalue weighted by molar-refractivity contribution is 9.10. The number of aryl methyl sites for hydroxylation is 1. The summed E-state index contributed by atoms with van der Waals surface area (Å²) in [6, 6.07) is 3.70. The second-order valence-corrected chi connectivity index (χ2v) is 4.85. The van der Waals surface area contributed by atoms with E-state index in [1.807, 2.05) is 19.1 Å². The van der Waals surface area contributed by atoms with Crippen molar-refractivity contribution in [1.82, 2.24) is 4.98 Å². The van der Waals surface area contributed by atoms with Crippen LogP contribution in [0.2, 0.25) is 0 Å². The summed E-state index contributed by atoms with van der Waals surface area (Å²) in [5, 5.41) is 9.04. The first-order valence-corrected chi connectivity index (χ1v) is 5.95. The van der Waals surface area contributed by atoms with E-state index in [1.165, 1.54) is 0 Å². The van der Waals surface area contributed by atoms with E-state index in [0.29, 0.717) is 18.8 Å². The van der Waals surface area contributed by atoms with Crippen LogP contribution < -0.4 is 4.90 Å². The van der Waals surface area contributed by atoms with Crippen LogP contribution in [0.25, 0.3) is 0 Å². The van der Waals surface area contributed by atoms with Gasteiger partial charge in [-0.15, -0.1) is 0 Å². The van der Waals surface area contributed by atoms with E-state index in [9.17, 15) is 4.79 Å². The topological polar surface area (TPSA) is 53.4 Å². The van der Waals surface area contributed by atoms with Crippen LogP contribution in [0.3, 0.4) is 0 Å². The highest BCUT2D eigenvalue weighted by atomic mass is 79.9. The molecule has 0 radical (unpaired) electrons. The highest BCUT2D eigenvalue weighted by Crippen LogP contribution is 2.25. The number of anilines is 1. The van der Waals surface area contributed by atoms with Gasteiger partial charge >= 0.3 is 0 Å². The second-order valence-electron chi connectivity index (χ2n) is 3.99. The molecule has 1 amide bonds. The van der Waals surface area contributed by atoms with Gasteiger partial charge in [0, 0.05) is 30.0 Å². The Morgan fingerprint density at radius 1 is 1.62 bits per heavy atom. The van der Waals surface area contributed by atoms with Crippen LogP contribution in [0, 0.1) is 12.8 Å². The molecule has 4 nitrogen and oxygen atoms in total. The number of halogens is 1. The summed E-state index contributed by atoms with van der Waals surface area (Å²) in [6.45, 7) is 2.50. The van der Waals surface area contributed by atoms with Gasteiger partial charge in [-0.05, 0) is 35.0 Å². The van der Waals surface area contributed by atoms with E-state index in [1.54, 1.807) is 4.90 Å². The molecule has 86 valence electrons. The number of aromatic nitrogens is 1. The van der Waals surface area contributed by atoms with Gasteiger partial charge in [-0.25, -0.2) is 4.98 Å². The third kappa shape index (κ3) is 2.10. The van der Waals surface area contributed by atoms with E-state index < -0.39 is 0 Å². The number of aliphatic hydroxyl groups excluding tert-OH is 1. The lowest BCUT2D eigenvalue weighted by molar-refractivity contribution is -0.117. The summed E-state index contributed by atoms with van der Waals surface area (Å²) in [7, 11) is 0. The van der Waals surface area contributed by atoms with Crippen LogP contribution in [0.5, 0.6) is 0 Å². The molecule has 1 aliphatic heterocycles. The summed E-state index contributed by atoms with van der Waals surface area (Å²) in [4.78, 5) is 17.7. The first kappa shape index (κ1) is 11.5. The van der Waals surface area contributed by atoms with Crippen LogP contribution in [-0.4, -0.2) is 29.1 Å². The number of aliphatic hydroxyl groups is 1. The van der Waals surface area contributed by atoms with Gasteiger partial charge in [-0.3, -0.25) is 9.69 Å². The number of pyridine rings is 1. The Balaban J connectivity index is 2.24. The molecule has 1 saturated heterocycles. The predicted octanol–water partition coefficient (Wildman–Crippen LogP) is 1.50. The Morgan fingerprint density at radius 2 is 2.38 bits per heavy atom. The fourth-order valence-corrected chi connectivity index (χ4v) is 2.03. The van der Waals surface area contributed by atoms with Crippen molar-refractivity contribution in [2.45, 2.75) is 13.3 Å². The minimum absolute atomic E-state index is 0.0354. The molecule has 0 saturated carbocycles. The van der Waals surface area contributed by atoms with Crippen molar-refractivity contribution < 1.29 is 9.90 Å². The van der Waals surface area contributed by atoms with Crippen molar-refractivity contribution >= 4 is 27.7 Å². The Hall–Kier alpha value is -0.940. The molecule has 1 aromatic rings. The van der Waals surface area contributed by atoms with Crippen LogP contribution in [0.1, 0.15) is 12.1 Å². The smallest absolute Gasteiger partial charge is 0.228 e. The van der Waals surface area contributed by atoms with E-state index in [-0.39, 0.29) is 18.4 Å². The average molecular weight is 285 g/mol. The molecule has 2 rings (SSSR count). The van der Waals surface area contributed by atoms with E-state index in [2.05, 4.69) is 20.9 Å². The molecule has 0 spiro atoms. The maximum absolute atomic E-state index is 11.7. The van der Waals surface area contributed by atoms with E-state index in [4.69, 9.17) is 5.11 Å². The molecule has 0 bridgehead atoms. The van der Waals surface area contributed by atoms with Gasteiger partial charge < -0.3 is 5.11 Å². The van der Waals surface area contributed by atoms with Gasteiger partial charge in [-0.1, -0.05) is 0 Å². The minimum Gasteiger partial charge on any atom is -0.396 e. The van der Waals surface area contributed by atoms with Crippen LogP contribution in [0.15, 0.2) is 16.6 Å². The molecule has 2 heterocycles. The van der Waals surface area contributed by atoms with Gasteiger partial charge in [0.15, 0.2) is 0 Å². The molecule has 1 unspecified atom stereocenters. The van der Waals surface area contributed by atoms with Crippen LogP contribution >= 0.6 is 15.9 Å². The van der Waals surface area contributed by atoms with E-state index >= 15 is 0 Å². The number of hydrogen-bond acceptors (Lipinski definition) is 3. The predicted molar refractivity (Wildman–Crippen MR) is 64.2 cm³/mol. The summed E-state index contributed by atoms with van der Waals surface area (Å²) >= 11 is 3.37. The summed E-state index contributed by atoms with van der Waals surface area (Å²) < 4.78 is 0.932. The lowest BCUT2D eigenvalue weighted by Gasteiger charge is -2.16. The largest absolute Gasteiger partial charge is 0.396 e. The maximum Gasteiger partial charge on any atom is 0.228 e. The quantitative estimate of drug-likeness (QED) is 0.896. The summed E-state index contributed by atoms with van der Waals surface area (Å²) in [6.07, 6.45) is 0.410. The van der Waals surface area contributed by atoms with Gasteiger partial charge in [0.05, 0.1) is 5.69 Å². The third-order valence-electron chi connectivity index (χ3n) is 2.75. The van der Waals surface area contributed by atoms with Gasteiger partial charge in [0.1, 0.15) is 5.82 Å². The van der Waals surface area contributed by atoms with Crippen molar-refractivity contribution in [1.29, 1.82) is 0 Å². The zero-order valence-electron chi connectivity index (χ0n) is 8.98. The van der Waals surface area contributed by atoms with Crippen LogP contribution in [-0.2, 0) is 4.79 Å². The Bertz CT molecular complexity index is 422. The zero-order valence-corrected chi connectivity index (χ0v) is 10.6. The molecule has 1 aromatic heterocycles. The minimum atomic E-state index is 0.0354. The third-order valence-corrected chi connectivity index (χ3v) is 3.58. The van der Waals surface area contributed by atoms with Gasteiger partial charge in [0.25, 0.3) is 0 Å². The average Bonchev–Trinajstić information content (AvgIpc) is 2.64.